The van der Waals surface area contributed by atoms with Crippen LogP contribution < -0.4 is 4.90 Å². The van der Waals surface area contributed by atoms with Gasteiger partial charge in [0.25, 0.3) is 5.91 Å². The van der Waals surface area contributed by atoms with E-state index in [0.717, 1.165) is 16.6 Å². The second-order valence-corrected chi connectivity index (χ2v) is 5.33. The predicted octanol–water partition coefficient (Wildman–Crippen LogP) is 3.97. The van der Waals surface area contributed by atoms with Crippen molar-refractivity contribution in [3.05, 3.63) is 66.4 Å². The first-order valence-electron chi connectivity index (χ1n) is 7.61. The average Bonchev–Trinajstić information content (AvgIpc) is 2.96. The number of hydrogen-bond acceptors (Lipinski definition) is 2. The molecule has 0 aliphatic carbocycles. The van der Waals surface area contributed by atoms with Crippen LogP contribution in [0.2, 0.25) is 0 Å². The molecular formula is C19H18N2O2. The fraction of sp³-hybridized carbons (Fsp3) is 0.158. The van der Waals surface area contributed by atoms with Crippen LogP contribution in [0.1, 0.15) is 29.0 Å². The number of anilines is 1. The number of para-hydroxylation sites is 2. The molecule has 23 heavy (non-hydrogen) atoms. The van der Waals surface area contributed by atoms with E-state index in [1.807, 2.05) is 61.5 Å². The number of carbonyl (C=O) groups is 2. The normalized spacial score (nSPS) is 10.7. The second-order valence-electron chi connectivity index (χ2n) is 5.33. The maximum absolute atomic E-state index is 13.0. The van der Waals surface area contributed by atoms with Gasteiger partial charge in [0.15, 0.2) is 0 Å². The Morgan fingerprint density at radius 1 is 1.00 bits per heavy atom. The van der Waals surface area contributed by atoms with Crippen LogP contribution in [-0.2, 0) is 0 Å². The highest BCUT2D eigenvalue weighted by atomic mass is 16.2. The molecule has 0 unspecified atom stereocenters. The fourth-order valence-corrected chi connectivity index (χ4v) is 2.81. The molecule has 3 rings (SSSR count). The summed E-state index contributed by atoms with van der Waals surface area (Å²) in [6, 6.07) is 17.0. The van der Waals surface area contributed by atoms with E-state index < -0.39 is 0 Å². The Morgan fingerprint density at radius 2 is 1.65 bits per heavy atom. The highest BCUT2D eigenvalue weighted by molar-refractivity contribution is 6.15. The summed E-state index contributed by atoms with van der Waals surface area (Å²) in [5, 5.41) is 0.794. The number of hydrogen-bond donors (Lipinski definition) is 0. The summed E-state index contributed by atoms with van der Waals surface area (Å²) in [6.07, 6.45) is 1.64. The Labute approximate surface area is 134 Å². The minimum absolute atomic E-state index is 0.102. The Balaban J connectivity index is 2.12. The molecule has 0 N–H and O–H groups in total. The highest BCUT2D eigenvalue weighted by Crippen LogP contribution is 2.25. The first-order chi connectivity index (χ1) is 11.1. The largest absolute Gasteiger partial charge is 0.309 e. The number of fused-ring (bicyclic) bond motifs is 1. The number of benzene rings is 2. The number of aromatic nitrogens is 1. The second kappa shape index (κ2) is 6.08. The van der Waals surface area contributed by atoms with Crippen molar-refractivity contribution in [3.63, 3.8) is 0 Å². The van der Waals surface area contributed by atoms with Crippen molar-refractivity contribution in [1.82, 2.24) is 4.57 Å². The van der Waals surface area contributed by atoms with Gasteiger partial charge in [0.05, 0.1) is 11.1 Å². The standard InChI is InChI=1S/C19H18N2O2/c1-3-20(15-9-5-4-6-10-15)19(23)17-13-21(14(2)22)18-12-8-7-11-16(17)18/h4-13H,3H2,1-2H3. The van der Waals surface area contributed by atoms with Crippen LogP contribution in [0, 0.1) is 0 Å². The molecule has 0 atom stereocenters. The molecule has 0 saturated carbocycles. The zero-order valence-corrected chi connectivity index (χ0v) is 13.2. The first-order valence-corrected chi connectivity index (χ1v) is 7.61. The lowest BCUT2D eigenvalue weighted by Gasteiger charge is -2.20. The van der Waals surface area contributed by atoms with Crippen LogP contribution in [-0.4, -0.2) is 22.9 Å². The highest BCUT2D eigenvalue weighted by Gasteiger charge is 2.21. The van der Waals surface area contributed by atoms with Gasteiger partial charge in [-0.15, -0.1) is 0 Å². The minimum atomic E-state index is -0.108. The summed E-state index contributed by atoms with van der Waals surface area (Å²) >= 11 is 0. The Morgan fingerprint density at radius 3 is 2.30 bits per heavy atom. The SMILES string of the molecule is CCN(C(=O)c1cn(C(C)=O)c2ccccc12)c1ccccc1. The van der Waals surface area contributed by atoms with E-state index in [4.69, 9.17) is 0 Å². The lowest BCUT2D eigenvalue weighted by molar-refractivity contribution is 0.0941. The summed E-state index contributed by atoms with van der Waals surface area (Å²) in [5.41, 5.74) is 2.15. The number of carbonyl (C=O) groups excluding carboxylic acids is 2. The van der Waals surface area contributed by atoms with Crippen LogP contribution in [0.5, 0.6) is 0 Å². The molecule has 0 radical (unpaired) electrons. The molecule has 0 aliphatic heterocycles. The Kier molecular flexibility index (Phi) is 3.98. The van der Waals surface area contributed by atoms with Crippen LogP contribution in [0.25, 0.3) is 10.9 Å². The molecule has 0 bridgehead atoms. The molecule has 1 aromatic heterocycles. The van der Waals surface area contributed by atoms with Crippen molar-refractivity contribution in [2.24, 2.45) is 0 Å². The van der Waals surface area contributed by atoms with E-state index >= 15 is 0 Å². The number of amides is 1. The van der Waals surface area contributed by atoms with Gasteiger partial charge in [0.1, 0.15) is 0 Å². The van der Waals surface area contributed by atoms with E-state index in [-0.39, 0.29) is 11.8 Å². The molecule has 4 nitrogen and oxygen atoms in total. The fourth-order valence-electron chi connectivity index (χ4n) is 2.81. The van der Waals surface area contributed by atoms with Gasteiger partial charge in [-0.25, -0.2) is 0 Å². The van der Waals surface area contributed by atoms with Gasteiger partial charge in [-0.05, 0) is 25.1 Å². The van der Waals surface area contributed by atoms with Crippen LogP contribution in [0.15, 0.2) is 60.8 Å². The Hall–Kier alpha value is -2.88. The van der Waals surface area contributed by atoms with Crippen LogP contribution in [0.3, 0.4) is 0 Å². The van der Waals surface area contributed by atoms with Crippen molar-refractivity contribution in [2.75, 3.05) is 11.4 Å². The summed E-state index contributed by atoms with van der Waals surface area (Å²) in [7, 11) is 0. The molecule has 1 heterocycles. The van der Waals surface area contributed by atoms with Gasteiger partial charge < -0.3 is 4.90 Å². The summed E-state index contributed by atoms with van der Waals surface area (Å²) in [6.45, 7) is 3.99. The smallest absolute Gasteiger partial charge is 0.260 e. The predicted molar refractivity (Wildman–Crippen MR) is 92.0 cm³/mol. The summed E-state index contributed by atoms with van der Waals surface area (Å²) in [5.74, 6) is -0.210. The quantitative estimate of drug-likeness (QED) is 0.735. The third-order valence-electron chi connectivity index (χ3n) is 3.91. The third-order valence-corrected chi connectivity index (χ3v) is 3.91. The number of nitrogens with zero attached hydrogens (tertiary/aromatic N) is 2. The van der Waals surface area contributed by atoms with E-state index in [1.54, 1.807) is 11.1 Å². The van der Waals surface area contributed by atoms with Gasteiger partial charge in [-0.1, -0.05) is 36.4 Å². The van der Waals surface area contributed by atoms with Gasteiger partial charge in [0, 0.05) is 30.7 Å². The first kappa shape index (κ1) is 15.0. The maximum Gasteiger partial charge on any atom is 0.260 e. The van der Waals surface area contributed by atoms with Gasteiger partial charge >= 0.3 is 0 Å². The summed E-state index contributed by atoms with van der Waals surface area (Å²) < 4.78 is 1.53. The average molecular weight is 306 g/mol. The van der Waals surface area contributed by atoms with Crippen LogP contribution in [0.4, 0.5) is 5.69 Å². The molecule has 2 aromatic carbocycles. The molecule has 0 spiro atoms. The monoisotopic (exact) mass is 306 g/mol. The molecule has 1 amide bonds. The van der Waals surface area contributed by atoms with Crippen molar-refractivity contribution < 1.29 is 9.59 Å². The topological polar surface area (TPSA) is 42.3 Å². The minimum Gasteiger partial charge on any atom is -0.309 e. The zero-order valence-electron chi connectivity index (χ0n) is 13.2. The molecule has 0 saturated heterocycles. The lowest BCUT2D eigenvalue weighted by Crippen LogP contribution is -2.30. The van der Waals surface area contributed by atoms with Crippen molar-refractivity contribution >= 4 is 28.4 Å². The Bertz CT molecular complexity index is 865. The summed E-state index contributed by atoms with van der Waals surface area (Å²) in [4.78, 5) is 26.6. The molecule has 0 fully saturated rings. The van der Waals surface area contributed by atoms with Gasteiger partial charge in [0.2, 0.25) is 5.91 Å². The van der Waals surface area contributed by atoms with Gasteiger partial charge in [-0.2, -0.15) is 0 Å². The molecular weight excluding hydrogens is 288 g/mol. The van der Waals surface area contributed by atoms with Crippen molar-refractivity contribution in [1.29, 1.82) is 0 Å². The van der Waals surface area contributed by atoms with Gasteiger partial charge in [-0.3, -0.25) is 14.2 Å². The lowest BCUT2D eigenvalue weighted by atomic mass is 10.1. The third kappa shape index (κ3) is 2.63. The maximum atomic E-state index is 13.0. The molecule has 4 heteroatoms. The van der Waals surface area contributed by atoms with E-state index in [1.165, 1.54) is 11.5 Å². The van der Waals surface area contributed by atoms with Crippen molar-refractivity contribution in [2.45, 2.75) is 13.8 Å². The van der Waals surface area contributed by atoms with E-state index in [2.05, 4.69) is 0 Å². The van der Waals surface area contributed by atoms with E-state index in [9.17, 15) is 9.59 Å². The van der Waals surface area contributed by atoms with Crippen LogP contribution >= 0.6 is 0 Å². The zero-order chi connectivity index (χ0) is 16.4. The molecule has 0 aliphatic rings. The van der Waals surface area contributed by atoms with Crippen molar-refractivity contribution in [3.8, 4) is 0 Å². The molecule has 116 valence electrons. The molecule has 3 aromatic rings. The van der Waals surface area contributed by atoms with E-state index in [0.29, 0.717) is 12.1 Å². The number of rotatable bonds is 3.